The molecule has 2 rings (SSSR count). The lowest BCUT2D eigenvalue weighted by atomic mass is 10.2. The first-order chi connectivity index (χ1) is 8.06. The van der Waals surface area contributed by atoms with Gasteiger partial charge >= 0.3 is 5.97 Å². The highest BCUT2D eigenvalue weighted by Gasteiger charge is 2.11. The summed E-state index contributed by atoms with van der Waals surface area (Å²) in [4.78, 5) is 10.8. The number of hydrogen-bond donors (Lipinski definition) is 1. The van der Waals surface area contributed by atoms with Gasteiger partial charge in [-0.05, 0) is 18.9 Å². The Kier molecular flexibility index (Phi) is 2.95. The van der Waals surface area contributed by atoms with E-state index in [1.54, 1.807) is 28.7 Å². The van der Waals surface area contributed by atoms with Gasteiger partial charge in [-0.2, -0.15) is 10.2 Å². The van der Waals surface area contributed by atoms with E-state index in [-0.39, 0.29) is 5.56 Å². The van der Waals surface area contributed by atoms with Crippen molar-refractivity contribution in [2.24, 2.45) is 7.05 Å². The summed E-state index contributed by atoms with van der Waals surface area (Å²) in [7, 11) is 1.87. The molecular formula is C11H14N4O2. The Labute approximate surface area is 98.5 Å². The van der Waals surface area contributed by atoms with Gasteiger partial charge in [0.2, 0.25) is 0 Å². The second-order valence-corrected chi connectivity index (χ2v) is 3.97. The minimum absolute atomic E-state index is 0.260. The summed E-state index contributed by atoms with van der Waals surface area (Å²) in [5.41, 5.74) is 1.91. The molecule has 0 amide bonds. The number of nitrogens with zero attached hydrogens (tertiary/aromatic N) is 4. The van der Waals surface area contributed by atoms with Crippen molar-refractivity contribution >= 4 is 5.97 Å². The van der Waals surface area contributed by atoms with E-state index in [0.717, 1.165) is 12.0 Å². The SMILES string of the molecule is Cc1nn(CCc2cnn(C)c2)cc1C(=O)O. The number of aryl methyl sites for hydroxylation is 4. The molecule has 1 N–H and O–H groups in total. The predicted octanol–water partition coefficient (Wildman–Crippen LogP) is 0.866. The van der Waals surface area contributed by atoms with Crippen LogP contribution in [0.2, 0.25) is 0 Å². The van der Waals surface area contributed by atoms with Gasteiger partial charge in [-0.3, -0.25) is 9.36 Å². The summed E-state index contributed by atoms with van der Waals surface area (Å²) in [6, 6.07) is 0. The number of carbonyl (C=O) groups is 1. The average molecular weight is 234 g/mol. The van der Waals surface area contributed by atoms with Crippen molar-refractivity contribution in [3.63, 3.8) is 0 Å². The molecule has 2 heterocycles. The van der Waals surface area contributed by atoms with Crippen LogP contribution < -0.4 is 0 Å². The predicted molar refractivity (Wildman–Crippen MR) is 60.8 cm³/mol. The molecule has 0 radical (unpaired) electrons. The normalized spacial score (nSPS) is 10.7. The Morgan fingerprint density at radius 2 is 2.24 bits per heavy atom. The zero-order valence-corrected chi connectivity index (χ0v) is 9.79. The van der Waals surface area contributed by atoms with Crippen molar-refractivity contribution < 1.29 is 9.90 Å². The van der Waals surface area contributed by atoms with E-state index in [1.807, 2.05) is 13.2 Å². The topological polar surface area (TPSA) is 72.9 Å². The zero-order chi connectivity index (χ0) is 12.4. The van der Waals surface area contributed by atoms with Crippen LogP contribution in [0.15, 0.2) is 18.6 Å². The summed E-state index contributed by atoms with van der Waals surface area (Å²) in [6.07, 6.45) is 6.09. The lowest BCUT2D eigenvalue weighted by molar-refractivity contribution is 0.0696. The fourth-order valence-corrected chi connectivity index (χ4v) is 1.69. The van der Waals surface area contributed by atoms with Crippen LogP contribution in [-0.4, -0.2) is 30.6 Å². The third-order valence-corrected chi connectivity index (χ3v) is 2.56. The van der Waals surface area contributed by atoms with Crippen molar-refractivity contribution in [3.8, 4) is 0 Å². The summed E-state index contributed by atoms with van der Waals surface area (Å²) < 4.78 is 3.40. The lowest BCUT2D eigenvalue weighted by Crippen LogP contribution is -2.01. The summed E-state index contributed by atoms with van der Waals surface area (Å²) in [5, 5.41) is 17.1. The molecule has 0 aliphatic rings. The molecule has 0 atom stereocenters. The van der Waals surface area contributed by atoms with Gasteiger partial charge in [0.05, 0.1) is 11.9 Å². The molecule has 17 heavy (non-hydrogen) atoms. The van der Waals surface area contributed by atoms with Crippen LogP contribution in [0.25, 0.3) is 0 Å². The van der Waals surface area contributed by atoms with E-state index in [9.17, 15) is 4.79 Å². The molecule has 6 heteroatoms. The summed E-state index contributed by atoms with van der Waals surface area (Å²) >= 11 is 0. The molecule has 0 fully saturated rings. The second kappa shape index (κ2) is 4.40. The molecule has 2 aromatic rings. The van der Waals surface area contributed by atoms with Crippen molar-refractivity contribution in [1.29, 1.82) is 0 Å². The molecule has 0 bridgehead atoms. The van der Waals surface area contributed by atoms with Gasteiger partial charge in [0.15, 0.2) is 0 Å². The number of carboxylic acid groups (broad SMARTS) is 1. The van der Waals surface area contributed by atoms with Crippen LogP contribution in [0.1, 0.15) is 21.6 Å². The van der Waals surface area contributed by atoms with Crippen LogP contribution >= 0.6 is 0 Å². The third kappa shape index (κ3) is 2.52. The van der Waals surface area contributed by atoms with E-state index in [1.165, 1.54) is 0 Å². The first-order valence-corrected chi connectivity index (χ1v) is 5.31. The van der Waals surface area contributed by atoms with Gasteiger partial charge < -0.3 is 5.11 Å². The molecule has 0 aliphatic heterocycles. The molecule has 0 saturated heterocycles. The quantitative estimate of drug-likeness (QED) is 0.851. The maximum Gasteiger partial charge on any atom is 0.339 e. The van der Waals surface area contributed by atoms with Crippen molar-refractivity contribution in [1.82, 2.24) is 19.6 Å². The largest absolute Gasteiger partial charge is 0.478 e. The molecule has 0 saturated carbocycles. The van der Waals surface area contributed by atoms with Crippen LogP contribution in [0.4, 0.5) is 0 Å². The van der Waals surface area contributed by atoms with E-state index >= 15 is 0 Å². The summed E-state index contributed by atoms with van der Waals surface area (Å²) in [5.74, 6) is -0.935. The number of carboxylic acids is 1. The van der Waals surface area contributed by atoms with Gasteiger partial charge in [-0.15, -0.1) is 0 Å². The highest BCUT2D eigenvalue weighted by Crippen LogP contribution is 2.07. The van der Waals surface area contributed by atoms with Gasteiger partial charge in [0, 0.05) is 26.0 Å². The van der Waals surface area contributed by atoms with E-state index < -0.39 is 5.97 Å². The number of hydrogen-bond acceptors (Lipinski definition) is 3. The Morgan fingerprint density at radius 3 is 2.76 bits per heavy atom. The van der Waals surface area contributed by atoms with E-state index in [0.29, 0.717) is 12.2 Å². The van der Waals surface area contributed by atoms with E-state index in [2.05, 4.69) is 10.2 Å². The molecule has 6 nitrogen and oxygen atoms in total. The van der Waals surface area contributed by atoms with Crippen LogP contribution in [0, 0.1) is 6.92 Å². The molecule has 0 aliphatic carbocycles. The van der Waals surface area contributed by atoms with Gasteiger partial charge in [0.25, 0.3) is 0 Å². The van der Waals surface area contributed by atoms with Crippen LogP contribution in [0.3, 0.4) is 0 Å². The fourth-order valence-electron chi connectivity index (χ4n) is 1.69. The Balaban J connectivity index is 2.04. The van der Waals surface area contributed by atoms with Crippen molar-refractivity contribution in [2.45, 2.75) is 19.9 Å². The van der Waals surface area contributed by atoms with Gasteiger partial charge in [0.1, 0.15) is 5.56 Å². The van der Waals surface area contributed by atoms with Crippen LogP contribution in [-0.2, 0) is 20.0 Å². The summed E-state index contributed by atoms with van der Waals surface area (Å²) in [6.45, 7) is 2.35. The van der Waals surface area contributed by atoms with Crippen molar-refractivity contribution in [3.05, 3.63) is 35.4 Å². The highest BCUT2D eigenvalue weighted by molar-refractivity contribution is 5.88. The first-order valence-electron chi connectivity index (χ1n) is 5.31. The molecule has 2 aromatic heterocycles. The lowest BCUT2D eigenvalue weighted by Gasteiger charge is -1.98. The minimum atomic E-state index is -0.935. The smallest absolute Gasteiger partial charge is 0.339 e. The zero-order valence-electron chi connectivity index (χ0n) is 9.79. The average Bonchev–Trinajstić information content (AvgIpc) is 2.82. The maximum atomic E-state index is 10.8. The molecule has 0 unspecified atom stereocenters. The molecule has 0 spiro atoms. The fraction of sp³-hybridized carbons (Fsp3) is 0.364. The number of aromatic carboxylic acids is 1. The van der Waals surface area contributed by atoms with Gasteiger partial charge in [-0.25, -0.2) is 4.79 Å². The number of aromatic nitrogens is 4. The second-order valence-electron chi connectivity index (χ2n) is 3.97. The maximum absolute atomic E-state index is 10.8. The molecule has 0 aromatic carbocycles. The van der Waals surface area contributed by atoms with E-state index in [4.69, 9.17) is 5.11 Å². The Hall–Kier alpha value is -2.11. The highest BCUT2D eigenvalue weighted by atomic mass is 16.4. The Morgan fingerprint density at radius 1 is 1.47 bits per heavy atom. The standard InChI is InChI=1S/C11H14N4O2/c1-8-10(11(16)17)7-15(13-8)4-3-9-5-12-14(2)6-9/h5-7H,3-4H2,1-2H3,(H,16,17). The Bertz CT molecular complexity index is 541. The van der Waals surface area contributed by atoms with Crippen LogP contribution in [0.5, 0.6) is 0 Å². The van der Waals surface area contributed by atoms with Gasteiger partial charge in [-0.1, -0.05) is 0 Å². The first kappa shape index (κ1) is 11.4. The number of rotatable bonds is 4. The van der Waals surface area contributed by atoms with Crippen molar-refractivity contribution in [2.75, 3.05) is 0 Å². The monoisotopic (exact) mass is 234 g/mol. The third-order valence-electron chi connectivity index (χ3n) is 2.56. The minimum Gasteiger partial charge on any atom is -0.478 e. The molecule has 90 valence electrons. The molecular weight excluding hydrogens is 220 g/mol.